The molecule has 1 saturated heterocycles. The molecule has 0 spiro atoms. The minimum Gasteiger partial charge on any atom is -0.497 e. The molecule has 1 atom stereocenters. The Morgan fingerprint density at radius 1 is 1.50 bits per heavy atom. The van der Waals surface area contributed by atoms with E-state index in [1.54, 1.807) is 7.11 Å². The lowest BCUT2D eigenvalue weighted by molar-refractivity contribution is -0.120. The number of hydrogen-bond donors (Lipinski definition) is 1. The van der Waals surface area contributed by atoms with Crippen molar-refractivity contribution in [3.63, 3.8) is 0 Å². The number of rotatable bonds is 5. The summed E-state index contributed by atoms with van der Waals surface area (Å²) in [7, 11) is 1.62. The van der Waals surface area contributed by atoms with Gasteiger partial charge in [-0.2, -0.15) is 0 Å². The van der Waals surface area contributed by atoms with Gasteiger partial charge in [-0.3, -0.25) is 4.79 Å². The average molecular weight is 221 g/mol. The Morgan fingerprint density at radius 3 is 2.75 bits per heavy atom. The first kappa shape index (κ1) is 11.0. The molecule has 1 aliphatic heterocycles. The number of ether oxygens (including phenoxy) is 2. The lowest BCUT2D eigenvalue weighted by Gasteiger charge is -2.04. The Labute approximate surface area is 94.6 Å². The van der Waals surface area contributed by atoms with Gasteiger partial charge in [0.05, 0.1) is 26.2 Å². The van der Waals surface area contributed by atoms with Crippen molar-refractivity contribution in [2.24, 2.45) is 0 Å². The van der Waals surface area contributed by atoms with Gasteiger partial charge in [-0.25, -0.2) is 0 Å². The number of hydrogen-bond acceptors (Lipinski definition) is 3. The van der Waals surface area contributed by atoms with E-state index in [0.29, 0.717) is 13.0 Å². The third kappa shape index (κ3) is 3.24. The number of benzene rings is 1. The minimum atomic E-state index is 0.0284. The third-order valence-electron chi connectivity index (χ3n) is 2.45. The predicted octanol–water partition coefficient (Wildman–Crippen LogP) is 0.753. The van der Waals surface area contributed by atoms with Gasteiger partial charge >= 0.3 is 0 Å². The van der Waals surface area contributed by atoms with Crippen molar-refractivity contribution in [3.05, 3.63) is 29.8 Å². The highest BCUT2D eigenvalue weighted by molar-refractivity contribution is 5.78. The first-order chi connectivity index (χ1) is 7.78. The van der Waals surface area contributed by atoms with Crippen LogP contribution in [0.1, 0.15) is 5.56 Å². The maximum Gasteiger partial charge on any atom is 0.224 e. The Kier molecular flexibility index (Phi) is 3.41. The van der Waals surface area contributed by atoms with E-state index < -0.39 is 0 Å². The van der Waals surface area contributed by atoms with E-state index in [1.165, 1.54) is 0 Å². The van der Waals surface area contributed by atoms with Crippen LogP contribution in [0.25, 0.3) is 0 Å². The van der Waals surface area contributed by atoms with Crippen molar-refractivity contribution in [3.8, 4) is 5.75 Å². The van der Waals surface area contributed by atoms with Gasteiger partial charge in [0.2, 0.25) is 5.91 Å². The topological polar surface area (TPSA) is 50.9 Å². The van der Waals surface area contributed by atoms with Crippen molar-refractivity contribution >= 4 is 5.91 Å². The van der Waals surface area contributed by atoms with Crippen molar-refractivity contribution in [1.29, 1.82) is 0 Å². The van der Waals surface area contributed by atoms with Crippen LogP contribution in [0.5, 0.6) is 5.75 Å². The molecule has 4 heteroatoms. The first-order valence-corrected chi connectivity index (χ1v) is 5.29. The van der Waals surface area contributed by atoms with E-state index in [0.717, 1.165) is 17.9 Å². The Hall–Kier alpha value is -1.55. The molecular formula is C12H15NO3. The van der Waals surface area contributed by atoms with E-state index in [2.05, 4.69) is 5.32 Å². The third-order valence-corrected chi connectivity index (χ3v) is 2.45. The molecule has 0 radical (unpaired) electrons. The van der Waals surface area contributed by atoms with Crippen molar-refractivity contribution in [1.82, 2.24) is 5.32 Å². The molecule has 0 aromatic heterocycles. The maximum absolute atomic E-state index is 11.5. The molecule has 1 fully saturated rings. The molecule has 0 aliphatic carbocycles. The SMILES string of the molecule is COc1ccc(CC(=O)NC[C@H]2CO2)cc1. The van der Waals surface area contributed by atoms with Crippen molar-refractivity contribution < 1.29 is 14.3 Å². The zero-order valence-corrected chi connectivity index (χ0v) is 9.23. The summed E-state index contributed by atoms with van der Waals surface area (Å²) in [5, 5.41) is 2.83. The summed E-state index contributed by atoms with van der Waals surface area (Å²) in [5.41, 5.74) is 0.981. The summed E-state index contributed by atoms with van der Waals surface area (Å²) in [6, 6.07) is 7.50. The molecule has 0 bridgehead atoms. The van der Waals surface area contributed by atoms with Crippen LogP contribution in [0.4, 0.5) is 0 Å². The highest BCUT2D eigenvalue weighted by Crippen LogP contribution is 2.11. The van der Waals surface area contributed by atoms with Crippen LogP contribution < -0.4 is 10.1 Å². The minimum absolute atomic E-state index is 0.0284. The Bertz CT molecular complexity index is 357. The van der Waals surface area contributed by atoms with Crippen LogP contribution in [-0.2, 0) is 16.0 Å². The van der Waals surface area contributed by atoms with Gasteiger partial charge in [0, 0.05) is 6.54 Å². The number of epoxide rings is 1. The molecule has 86 valence electrons. The molecular weight excluding hydrogens is 206 g/mol. The Morgan fingerprint density at radius 2 is 2.19 bits per heavy atom. The van der Waals surface area contributed by atoms with Gasteiger partial charge in [-0.15, -0.1) is 0 Å². The molecule has 16 heavy (non-hydrogen) atoms. The molecule has 1 amide bonds. The summed E-state index contributed by atoms with van der Waals surface area (Å²) < 4.78 is 10.1. The van der Waals surface area contributed by atoms with Crippen LogP contribution in [0.15, 0.2) is 24.3 Å². The zero-order chi connectivity index (χ0) is 11.4. The van der Waals surface area contributed by atoms with Crippen LogP contribution in [0.3, 0.4) is 0 Å². The van der Waals surface area contributed by atoms with Crippen LogP contribution in [0.2, 0.25) is 0 Å². The molecule has 1 aliphatic rings. The monoisotopic (exact) mass is 221 g/mol. The first-order valence-electron chi connectivity index (χ1n) is 5.29. The zero-order valence-electron chi connectivity index (χ0n) is 9.23. The fourth-order valence-corrected chi connectivity index (χ4v) is 1.40. The van der Waals surface area contributed by atoms with Gasteiger partial charge in [-0.05, 0) is 17.7 Å². The van der Waals surface area contributed by atoms with Gasteiger partial charge in [-0.1, -0.05) is 12.1 Å². The van der Waals surface area contributed by atoms with E-state index in [1.807, 2.05) is 24.3 Å². The van der Waals surface area contributed by atoms with Gasteiger partial charge in [0.15, 0.2) is 0 Å². The molecule has 4 nitrogen and oxygen atoms in total. The molecule has 1 N–H and O–H groups in total. The van der Waals surface area contributed by atoms with Crippen LogP contribution in [0, 0.1) is 0 Å². The van der Waals surface area contributed by atoms with Crippen molar-refractivity contribution in [2.75, 3.05) is 20.3 Å². The number of nitrogens with one attached hydrogen (secondary N) is 1. The maximum atomic E-state index is 11.5. The number of carbonyl (C=O) groups excluding carboxylic acids is 1. The molecule has 1 aromatic rings. The second-order valence-corrected chi connectivity index (χ2v) is 3.78. The number of carbonyl (C=O) groups is 1. The summed E-state index contributed by atoms with van der Waals surface area (Å²) >= 11 is 0. The molecule has 0 saturated carbocycles. The van der Waals surface area contributed by atoms with Gasteiger partial charge in [0.25, 0.3) is 0 Å². The smallest absolute Gasteiger partial charge is 0.224 e. The summed E-state index contributed by atoms with van der Waals surface area (Å²) in [6.07, 6.45) is 0.635. The second-order valence-electron chi connectivity index (χ2n) is 3.78. The average Bonchev–Trinajstić information content (AvgIpc) is 3.11. The summed E-state index contributed by atoms with van der Waals surface area (Å²) in [4.78, 5) is 11.5. The fraction of sp³-hybridized carbons (Fsp3) is 0.417. The standard InChI is InChI=1S/C12H15NO3/c1-15-10-4-2-9(3-5-10)6-12(14)13-7-11-8-16-11/h2-5,11H,6-8H2,1H3,(H,13,14)/t11-/m0/s1. The highest BCUT2D eigenvalue weighted by atomic mass is 16.6. The lowest BCUT2D eigenvalue weighted by atomic mass is 10.1. The van der Waals surface area contributed by atoms with Crippen molar-refractivity contribution in [2.45, 2.75) is 12.5 Å². The van der Waals surface area contributed by atoms with E-state index in [4.69, 9.17) is 9.47 Å². The fourth-order valence-electron chi connectivity index (χ4n) is 1.40. The number of amides is 1. The normalized spacial score (nSPS) is 17.9. The molecule has 0 unspecified atom stereocenters. The van der Waals surface area contributed by atoms with Crippen LogP contribution >= 0.6 is 0 Å². The van der Waals surface area contributed by atoms with Gasteiger partial charge in [0.1, 0.15) is 5.75 Å². The molecule has 2 rings (SSSR count). The summed E-state index contributed by atoms with van der Waals surface area (Å²) in [5.74, 6) is 0.830. The second kappa shape index (κ2) is 4.99. The predicted molar refractivity (Wildman–Crippen MR) is 59.4 cm³/mol. The quantitative estimate of drug-likeness (QED) is 0.746. The summed E-state index contributed by atoms with van der Waals surface area (Å²) in [6.45, 7) is 1.39. The molecule has 1 heterocycles. The van der Waals surface area contributed by atoms with Gasteiger partial charge < -0.3 is 14.8 Å². The van der Waals surface area contributed by atoms with E-state index in [9.17, 15) is 4.79 Å². The van der Waals surface area contributed by atoms with E-state index in [-0.39, 0.29) is 12.0 Å². The largest absolute Gasteiger partial charge is 0.497 e. The highest BCUT2D eigenvalue weighted by Gasteiger charge is 2.22. The Balaban J connectivity index is 1.79. The lowest BCUT2D eigenvalue weighted by Crippen LogP contribution is -2.28. The van der Waals surface area contributed by atoms with E-state index >= 15 is 0 Å². The number of methoxy groups -OCH3 is 1. The molecule has 1 aromatic carbocycles. The van der Waals surface area contributed by atoms with Crippen LogP contribution in [-0.4, -0.2) is 32.3 Å².